The average molecular weight is 365 g/mol. The summed E-state index contributed by atoms with van der Waals surface area (Å²) in [6, 6.07) is 0. The highest BCUT2D eigenvalue weighted by Crippen LogP contribution is 2.25. The molecule has 21 heavy (non-hydrogen) atoms. The van der Waals surface area contributed by atoms with E-state index in [1.54, 1.807) is 0 Å². The minimum absolute atomic E-state index is 0.692. The lowest BCUT2D eigenvalue weighted by molar-refractivity contribution is -0.0517. The van der Waals surface area contributed by atoms with Gasteiger partial charge in [-0.05, 0) is 36.2 Å². The van der Waals surface area contributed by atoms with E-state index in [0.717, 1.165) is 5.25 Å². The Kier molecular flexibility index (Phi) is 8.03. The Morgan fingerprint density at radius 2 is 1.81 bits per heavy atom. The van der Waals surface area contributed by atoms with Crippen molar-refractivity contribution >= 4 is 29.1 Å². The summed E-state index contributed by atoms with van der Waals surface area (Å²) in [6.07, 6.45) is 6.54. The third-order valence-corrected chi connectivity index (χ3v) is 10.3. The predicted molar refractivity (Wildman–Crippen MR) is 84.0 cm³/mol. The molecule has 1 heterocycles. The molecule has 1 aliphatic rings. The molecule has 0 N–H and O–H groups in total. The van der Waals surface area contributed by atoms with E-state index in [-0.39, 0.29) is 0 Å². The molecule has 0 aliphatic carbocycles. The van der Waals surface area contributed by atoms with Crippen molar-refractivity contribution in [1.29, 1.82) is 0 Å². The predicted octanol–water partition coefficient (Wildman–Crippen LogP) is 3.27. The van der Waals surface area contributed by atoms with Crippen LogP contribution in [0.3, 0.4) is 0 Å². The fraction of sp³-hybridized carbons (Fsp3) is 0.833. The number of hydrogen-bond donors (Lipinski definition) is 0. The summed E-state index contributed by atoms with van der Waals surface area (Å²) in [5.41, 5.74) is -5.65. The molecule has 0 spiro atoms. The van der Waals surface area contributed by atoms with Crippen molar-refractivity contribution in [3.63, 3.8) is 0 Å². The van der Waals surface area contributed by atoms with E-state index in [2.05, 4.69) is 32.3 Å². The van der Waals surface area contributed by atoms with Crippen LogP contribution in [0.4, 0.5) is 13.2 Å². The van der Waals surface area contributed by atoms with Crippen molar-refractivity contribution in [2.45, 2.75) is 49.7 Å². The fourth-order valence-electron chi connectivity index (χ4n) is 1.94. The second-order valence-corrected chi connectivity index (χ2v) is 15.9. The summed E-state index contributed by atoms with van der Waals surface area (Å²) >= 11 is 0. The molecule has 1 aliphatic heterocycles. The van der Waals surface area contributed by atoms with Gasteiger partial charge in [0.05, 0.1) is 5.38 Å². The second-order valence-electron chi connectivity index (χ2n) is 6.12. The van der Waals surface area contributed by atoms with Crippen LogP contribution in [0.5, 0.6) is 0 Å². The van der Waals surface area contributed by atoms with Crippen molar-refractivity contribution < 1.29 is 26.1 Å². The van der Waals surface area contributed by atoms with Crippen LogP contribution in [-0.4, -0.2) is 42.9 Å². The summed E-state index contributed by atoms with van der Waals surface area (Å²) < 4.78 is 58.9. The zero-order valence-corrected chi connectivity index (χ0v) is 15.2. The minimum Gasteiger partial charge on any atom is -0.741 e. The lowest BCUT2D eigenvalue weighted by atomic mass is 10.2. The molecule has 126 valence electrons. The molecule has 0 amide bonds. The molecule has 2 unspecified atom stereocenters. The van der Waals surface area contributed by atoms with Crippen LogP contribution in [-0.2, 0) is 21.0 Å². The van der Waals surface area contributed by atoms with Gasteiger partial charge in [-0.15, -0.1) is 0 Å². The highest BCUT2D eigenvalue weighted by molar-refractivity contribution is 7.99. The van der Waals surface area contributed by atoms with Gasteiger partial charge in [0, 0.05) is 0 Å². The Morgan fingerprint density at radius 1 is 1.33 bits per heavy atom. The van der Waals surface area contributed by atoms with Crippen molar-refractivity contribution in [3.05, 3.63) is 12.7 Å². The van der Waals surface area contributed by atoms with Crippen LogP contribution >= 0.6 is 0 Å². The van der Waals surface area contributed by atoms with Gasteiger partial charge in [-0.2, -0.15) is 13.2 Å². The van der Waals surface area contributed by atoms with Crippen LogP contribution in [0.1, 0.15) is 19.3 Å². The van der Waals surface area contributed by atoms with Gasteiger partial charge < -0.3 is 4.55 Å². The highest BCUT2D eigenvalue weighted by atomic mass is 32.2. The number of rotatable bonds is 3. The monoisotopic (exact) mass is 364 g/mol. The molecular weight excluding hydrogens is 341 g/mol. The minimum atomic E-state index is -6.09. The highest BCUT2D eigenvalue weighted by Gasteiger charge is 2.37. The van der Waals surface area contributed by atoms with E-state index in [1.807, 2.05) is 0 Å². The molecule has 1 fully saturated rings. The lowest BCUT2D eigenvalue weighted by Gasteiger charge is -2.25. The van der Waals surface area contributed by atoms with E-state index in [4.69, 9.17) is 13.0 Å². The van der Waals surface area contributed by atoms with Gasteiger partial charge in [-0.25, -0.2) is 8.42 Å². The van der Waals surface area contributed by atoms with Gasteiger partial charge in [0.1, 0.15) is 19.1 Å². The van der Waals surface area contributed by atoms with Gasteiger partial charge in [0.25, 0.3) is 0 Å². The Hall–Kier alpha value is 0.00688. The first-order valence-electron chi connectivity index (χ1n) is 6.59. The van der Waals surface area contributed by atoms with E-state index >= 15 is 0 Å². The molecule has 1 rings (SSSR count). The maximum Gasteiger partial charge on any atom is 0.485 e. The van der Waals surface area contributed by atoms with Crippen LogP contribution in [0, 0.1) is 0 Å². The number of hydrogen-bond acceptors (Lipinski definition) is 3. The molecule has 9 heteroatoms. The van der Waals surface area contributed by atoms with Crippen LogP contribution in [0.25, 0.3) is 0 Å². The average Bonchev–Trinajstić information content (AvgIpc) is 2.25. The Labute approximate surface area is 129 Å². The van der Waals surface area contributed by atoms with Crippen molar-refractivity contribution in [2.75, 3.05) is 11.1 Å². The van der Waals surface area contributed by atoms with Crippen LogP contribution < -0.4 is 0 Å². The fourth-order valence-corrected chi connectivity index (χ4v) is 9.47. The van der Waals surface area contributed by atoms with Crippen molar-refractivity contribution in [2.24, 2.45) is 0 Å². The molecular formula is C12H23F3O3S2Si. The van der Waals surface area contributed by atoms with E-state index in [1.165, 1.54) is 30.4 Å². The first kappa shape index (κ1) is 21.0. The Bertz CT molecular complexity index is 430. The molecule has 3 nitrogen and oxygen atoms in total. The van der Waals surface area contributed by atoms with Gasteiger partial charge in [0.15, 0.2) is 10.1 Å². The quantitative estimate of drug-likeness (QED) is 0.254. The molecule has 0 aromatic heterocycles. The second kappa shape index (κ2) is 8.03. The van der Waals surface area contributed by atoms with Gasteiger partial charge in [-0.1, -0.05) is 26.2 Å². The molecule has 0 saturated carbocycles. The standard InChI is InChI=1S/C11H23SSi.CHF3O3S/c1-5-11-8-6-7-9-12(11)10-13(2,3)4;2-1(3,4)8(5,6)7/h5,11H,1,6-10H2,2-4H3;(H,5,6,7)/q+1;/p-1. The van der Waals surface area contributed by atoms with Gasteiger partial charge >= 0.3 is 5.51 Å². The number of alkyl halides is 3. The Balaban J connectivity index is 0.000000433. The molecule has 2 atom stereocenters. The Morgan fingerprint density at radius 3 is 2.14 bits per heavy atom. The first-order valence-corrected chi connectivity index (χ1v) is 13.3. The summed E-state index contributed by atoms with van der Waals surface area (Å²) in [5, 5.41) is 2.39. The maximum atomic E-state index is 10.7. The summed E-state index contributed by atoms with van der Waals surface area (Å²) in [5.74, 6) is 1.49. The van der Waals surface area contributed by atoms with E-state index < -0.39 is 23.7 Å². The first-order chi connectivity index (χ1) is 9.28. The van der Waals surface area contributed by atoms with E-state index in [0.29, 0.717) is 10.9 Å². The molecule has 0 bridgehead atoms. The SMILES string of the molecule is C=CC1CCCC[S+]1C[Si](C)(C)C.O=S(=O)([O-])C(F)(F)F. The van der Waals surface area contributed by atoms with Gasteiger partial charge in [0.2, 0.25) is 0 Å². The topological polar surface area (TPSA) is 57.2 Å². The molecule has 1 saturated heterocycles. The smallest absolute Gasteiger partial charge is 0.485 e. The van der Waals surface area contributed by atoms with Crippen molar-refractivity contribution in [1.82, 2.24) is 0 Å². The summed E-state index contributed by atoms with van der Waals surface area (Å²) in [6.45, 7) is 11.5. The number of halogens is 3. The van der Waals surface area contributed by atoms with Gasteiger partial charge in [-0.3, -0.25) is 0 Å². The molecule has 0 radical (unpaired) electrons. The molecule has 0 aromatic rings. The summed E-state index contributed by atoms with van der Waals surface area (Å²) in [7, 11) is -6.24. The zero-order chi connectivity index (χ0) is 16.9. The van der Waals surface area contributed by atoms with Crippen LogP contribution in [0.15, 0.2) is 12.7 Å². The lowest BCUT2D eigenvalue weighted by Crippen LogP contribution is -2.40. The zero-order valence-electron chi connectivity index (χ0n) is 12.6. The third-order valence-electron chi connectivity index (χ3n) is 2.74. The third kappa shape index (κ3) is 8.89. The largest absolute Gasteiger partial charge is 0.741 e. The normalized spacial score (nSPS) is 24.0. The summed E-state index contributed by atoms with van der Waals surface area (Å²) in [4.78, 5) is 0. The molecule has 0 aromatic carbocycles. The maximum absolute atomic E-state index is 10.7. The van der Waals surface area contributed by atoms with Crippen LogP contribution in [0.2, 0.25) is 19.6 Å². The van der Waals surface area contributed by atoms with Crippen molar-refractivity contribution in [3.8, 4) is 0 Å². The van der Waals surface area contributed by atoms with E-state index in [9.17, 15) is 13.2 Å².